The van der Waals surface area contributed by atoms with Crippen LogP contribution in [0.15, 0.2) is 90.0 Å². The molecule has 0 bridgehead atoms. The summed E-state index contributed by atoms with van der Waals surface area (Å²) >= 11 is 0. The molecule has 126 valence electrons. The van der Waals surface area contributed by atoms with E-state index in [4.69, 9.17) is 0 Å². The van der Waals surface area contributed by atoms with Gasteiger partial charge in [-0.3, -0.25) is 15.5 Å². The van der Waals surface area contributed by atoms with Gasteiger partial charge < -0.3 is 0 Å². The zero-order valence-electron chi connectivity index (χ0n) is 13.8. The first-order valence-corrected chi connectivity index (χ1v) is 8.17. The smallest absolute Gasteiger partial charge is 0.269 e. The summed E-state index contributed by atoms with van der Waals surface area (Å²) in [7, 11) is 0. The van der Waals surface area contributed by atoms with Crippen LogP contribution in [-0.2, 0) is 0 Å². The summed E-state index contributed by atoms with van der Waals surface area (Å²) in [5.41, 5.74) is 9.04. The van der Waals surface area contributed by atoms with Crippen LogP contribution in [0.2, 0.25) is 0 Å². The number of nitro benzene ring substituents is 1. The molecule has 4 rings (SSSR count). The Morgan fingerprint density at radius 3 is 2.15 bits per heavy atom. The summed E-state index contributed by atoms with van der Waals surface area (Å²) in [5, 5.41) is 15.2. The van der Waals surface area contributed by atoms with Gasteiger partial charge in [0.25, 0.3) is 5.69 Å². The van der Waals surface area contributed by atoms with Crippen LogP contribution in [0.1, 0.15) is 16.7 Å². The van der Waals surface area contributed by atoms with Gasteiger partial charge in [-0.05, 0) is 34.9 Å². The van der Waals surface area contributed by atoms with Gasteiger partial charge in [0.2, 0.25) is 0 Å². The van der Waals surface area contributed by atoms with Crippen molar-refractivity contribution in [3.63, 3.8) is 0 Å². The Morgan fingerprint density at radius 2 is 1.46 bits per heavy atom. The number of hydrogen-bond acceptors (Lipinski definition) is 4. The van der Waals surface area contributed by atoms with Crippen molar-refractivity contribution in [3.05, 3.63) is 112 Å². The maximum absolute atomic E-state index is 10.7. The normalized spacial score (nSPS) is 14.0. The number of nitrogens with zero attached hydrogens (tertiary/aromatic N) is 2. The second-order valence-electron chi connectivity index (χ2n) is 5.88. The van der Waals surface area contributed by atoms with Gasteiger partial charge in [-0.2, -0.15) is 5.10 Å². The number of rotatable bonds is 4. The molecule has 1 aliphatic rings. The van der Waals surface area contributed by atoms with Gasteiger partial charge in [0.1, 0.15) is 0 Å². The largest absolute Gasteiger partial charge is 0.278 e. The fourth-order valence-corrected chi connectivity index (χ4v) is 2.97. The zero-order valence-corrected chi connectivity index (χ0v) is 13.8. The Balaban J connectivity index is 1.66. The van der Waals surface area contributed by atoms with Crippen molar-refractivity contribution in [1.82, 2.24) is 0 Å². The zero-order chi connectivity index (χ0) is 17.9. The minimum Gasteiger partial charge on any atom is -0.278 e. The Morgan fingerprint density at radius 1 is 0.808 bits per heavy atom. The highest BCUT2D eigenvalue weighted by Crippen LogP contribution is 2.32. The van der Waals surface area contributed by atoms with Gasteiger partial charge in [-0.1, -0.05) is 54.6 Å². The lowest BCUT2D eigenvalue weighted by Crippen LogP contribution is -1.99. The molecule has 0 fully saturated rings. The molecule has 3 aromatic carbocycles. The first-order valence-electron chi connectivity index (χ1n) is 8.17. The first-order chi connectivity index (χ1) is 12.7. The Bertz CT molecular complexity index is 1020. The molecular weight excluding hydrogens is 326 g/mol. The number of hydrazone groups is 1. The van der Waals surface area contributed by atoms with Gasteiger partial charge in [0.05, 0.1) is 16.3 Å². The average Bonchev–Trinajstić information content (AvgIpc) is 3.06. The second kappa shape index (κ2) is 6.64. The van der Waals surface area contributed by atoms with E-state index in [0.29, 0.717) is 5.69 Å². The summed E-state index contributed by atoms with van der Waals surface area (Å²) in [6, 6.07) is 24.5. The number of benzene rings is 3. The molecule has 0 heterocycles. The predicted molar refractivity (Wildman–Crippen MR) is 103 cm³/mol. The maximum atomic E-state index is 10.7. The molecule has 1 aliphatic carbocycles. The number of nitrogens with one attached hydrogen (secondary N) is 1. The fourth-order valence-electron chi connectivity index (χ4n) is 2.97. The van der Waals surface area contributed by atoms with Crippen molar-refractivity contribution in [2.24, 2.45) is 5.10 Å². The Labute approximate surface area is 150 Å². The minimum absolute atomic E-state index is 0.0562. The fraction of sp³-hybridized carbons (Fsp3) is 0. The monoisotopic (exact) mass is 341 g/mol. The number of nitro groups is 1. The van der Waals surface area contributed by atoms with Crippen LogP contribution in [-0.4, -0.2) is 10.6 Å². The van der Waals surface area contributed by atoms with Gasteiger partial charge >= 0.3 is 0 Å². The molecule has 1 N–H and O–H groups in total. The topological polar surface area (TPSA) is 67.5 Å². The van der Waals surface area contributed by atoms with E-state index in [0.717, 1.165) is 28.0 Å². The molecular formula is C21H15N3O2. The van der Waals surface area contributed by atoms with Gasteiger partial charge in [0.15, 0.2) is 0 Å². The molecule has 0 spiro atoms. The molecule has 3 aromatic rings. The van der Waals surface area contributed by atoms with Crippen molar-refractivity contribution in [2.45, 2.75) is 0 Å². The molecule has 5 heteroatoms. The van der Waals surface area contributed by atoms with Crippen molar-refractivity contribution < 1.29 is 4.92 Å². The van der Waals surface area contributed by atoms with Crippen molar-refractivity contribution >= 4 is 22.7 Å². The van der Waals surface area contributed by atoms with E-state index in [1.54, 1.807) is 12.1 Å². The van der Waals surface area contributed by atoms with Gasteiger partial charge in [-0.15, -0.1) is 0 Å². The van der Waals surface area contributed by atoms with E-state index < -0.39 is 4.92 Å². The molecule has 0 unspecified atom stereocenters. The summed E-state index contributed by atoms with van der Waals surface area (Å²) in [6.07, 6.45) is 2.05. The molecule has 0 atom stereocenters. The average molecular weight is 341 g/mol. The van der Waals surface area contributed by atoms with E-state index in [1.165, 1.54) is 12.1 Å². The molecule has 0 aromatic heterocycles. The Hall–Kier alpha value is -3.73. The summed E-state index contributed by atoms with van der Waals surface area (Å²) < 4.78 is 0. The number of fused-ring (bicyclic) bond motifs is 1. The van der Waals surface area contributed by atoms with E-state index >= 15 is 0 Å². The van der Waals surface area contributed by atoms with Gasteiger partial charge in [-0.25, -0.2) is 0 Å². The van der Waals surface area contributed by atoms with Crippen LogP contribution in [0, 0.1) is 10.1 Å². The van der Waals surface area contributed by atoms with Crippen LogP contribution in [0.5, 0.6) is 0 Å². The van der Waals surface area contributed by atoms with Crippen LogP contribution in [0.25, 0.3) is 5.57 Å². The third-order valence-corrected chi connectivity index (χ3v) is 4.24. The third kappa shape index (κ3) is 2.98. The number of anilines is 1. The lowest BCUT2D eigenvalue weighted by atomic mass is 9.99. The highest BCUT2D eigenvalue weighted by molar-refractivity contribution is 6.21. The number of hydrogen-bond donors (Lipinski definition) is 1. The molecule has 0 aliphatic heterocycles. The maximum Gasteiger partial charge on any atom is 0.269 e. The van der Waals surface area contributed by atoms with E-state index in [9.17, 15) is 10.1 Å². The molecule has 26 heavy (non-hydrogen) atoms. The van der Waals surface area contributed by atoms with Crippen molar-refractivity contribution in [1.29, 1.82) is 0 Å². The lowest BCUT2D eigenvalue weighted by Gasteiger charge is -2.05. The number of allylic oxidation sites excluding steroid dienone is 1. The van der Waals surface area contributed by atoms with E-state index in [2.05, 4.69) is 34.8 Å². The Kier molecular flexibility index (Phi) is 4.03. The predicted octanol–water partition coefficient (Wildman–Crippen LogP) is 4.86. The second-order valence-corrected chi connectivity index (χ2v) is 5.88. The molecule has 0 saturated heterocycles. The van der Waals surface area contributed by atoms with Crippen LogP contribution < -0.4 is 5.43 Å². The summed E-state index contributed by atoms with van der Waals surface area (Å²) in [5.74, 6) is 0. The molecule has 5 nitrogen and oxygen atoms in total. The quantitative estimate of drug-likeness (QED) is 0.544. The minimum atomic E-state index is -0.419. The van der Waals surface area contributed by atoms with Crippen molar-refractivity contribution in [2.75, 3.05) is 5.43 Å². The van der Waals surface area contributed by atoms with Crippen LogP contribution >= 0.6 is 0 Å². The van der Waals surface area contributed by atoms with Crippen LogP contribution in [0.4, 0.5) is 11.4 Å². The lowest BCUT2D eigenvalue weighted by molar-refractivity contribution is -0.384. The molecule has 0 saturated carbocycles. The third-order valence-electron chi connectivity index (χ3n) is 4.24. The van der Waals surface area contributed by atoms with Gasteiger partial charge in [0, 0.05) is 17.7 Å². The number of non-ortho nitro benzene ring substituents is 1. The molecule has 0 radical (unpaired) electrons. The van der Waals surface area contributed by atoms with Crippen molar-refractivity contribution in [3.8, 4) is 0 Å². The first kappa shape index (κ1) is 15.8. The summed E-state index contributed by atoms with van der Waals surface area (Å²) in [6.45, 7) is 0. The highest BCUT2D eigenvalue weighted by atomic mass is 16.6. The standard InChI is InChI=1S/C21H15N3O2/c25-24(26)17-12-10-16(11-13-17)22-23-21-14-20(15-6-2-1-3-7-15)18-8-4-5-9-19(18)21/h1-14,22H. The SMILES string of the molecule is O=[N+]([O-])c1ccc(NN=C2C=C(c3ccccc3)c3ccccc32)cc1. The van der Waals surface area contributed by atoms with Crippen LogP contribution in [0.3, 0.4) is 0 Å². The molecule has 0 amide bonds. The highest BCUT2D eigenvalue weighted by Gasteiger charge is 2.20. The summed E-state index contributed by atoms with van der Waals surface area (Å²) in [4.78, 5) is 10.3. The van der Waals surface area contributed by atoms with E-state index in [-0.39, 0.29) is 5.69 Å². The van der Waals surface area contributed by atoms with E-state index in [1.807, 2.05) is 36.4 Å².